The molecule has 0 aromatic carbocycles. The highest BCUT2D eigenvalue weighted by Crippen LogP contribution is 2.19. The summed E-state index contributed by atoms with van der Waals surface area (Å²) in [6.07, 6.45) is 0. The molecule has 0 saturated heterocycles. The standard InChI is InChI=1S/C9H10N4O3/c1-11-8(14)7-12-9(16-13-7)6-3-2-5(4-10)15-6/h2-3H,4,10H2,1H3,(H,11,14). The van der Waals surface area contributed by atoms with Crippen LogP contribution in [0, 0.1) is 0 Å². The quantitative estimate of drug-likeness (QED) is 0.765. The smallest absolute Gasteiger partial charge is 0.294 e. The van der Waals surface area contributed by atoms with Gasteiger partial charge in [-0.1, -0.05) is 5.16 Å². The van der Waals surface area contributed by atoms with Gasteiger partial charge in [0.25, 0.3) is 17.6 Å². The fourth-order valence-corrected chi connectivity index (χ4v) is 1.13. The van der Waals surface area contributed by atoms with Crippen molar-refractivity contribution in [2.45, 2.75) is 6.54 Å². The third kappa shape index (κ3) is 1.80. The Hall–Kier alpha value is -2.15. The maximum Gasteiger partial charge on any atom is 0.294 e. The number of aromatic nitrogens is 2. The minimum atomic E-state index is -0.416. The van der Waals surface area contributed by atoms with E-state index in [1.54, 1.807) is 12.1 Å². The second kappa shape index (κ2) is 4.15. The SMILES string of the molecule is CNC(=O)c1noc(-c2ccc(CN)o2)n1. The lowest BCUT2D eigenvalue weighted by molar-refractivity contribution is 0.0950. The Bertz CT molecular complexity index is 502. The van der Waals surface area contributed by atoms with E-state index < -0.39 is 5.91 Å². The van der Waals surface area contributed by atoms with E-state index in [1.165, 1.54) is 7.05 Å². The first-order chi connectivity index (χ1) is 7.74. The summed E-state index contributed by atoms with van der Waals surface area (Å²) in [6, 6.07) is 3.36. The molecule has 7 nitrogen and oxygen atoms in total. The van der Waals surface area contributed by atoms with E-state index in [0.29, 0.717) is 11.5 Å². The number of furan rings is 1. The van der Waals surface area contributed by atoms with Crippen molar-refractivity contribution in [2.75, 3.05) is 7.05 Å². The number of carbonyl (C=O) groups excluding carboxylic acids is 1. The molecule has 0 spiro atoms. The zero-order chi connectivity index (χ0) is 11.5. The first-order valence-corrected chi connectivity index (χ1v) is 4.59. The van der Waals surface area contributed by atoms with Crippen LogP contribution < -0.4 is 11.1 Å². The van der Waals surface area contributed by atoms with E-state index in [4.69, 9.17) is 14.7 Å². The van der Waals surface area contributed by atoms with Gasteiger partial charge in [-0.2, -0.15) is 4.98 Å². The van der Waals surface area contributed by atoms with Crippen LogP contribution in [0.2, 0.25) is 0 Å². The predicted octanol–water partition coefficient (Wildman–Crippen LogP) is 0.148. The fourth-order valence-electron chi connectivity index (χ4n) is 1.13. The van der Waals surface area contributed by atoms with Gasteiger partial charge in [0.2, 0.25) is 0 Å². The van der Waals surface area contributed by atoms with Crippen molar-refractivity contribution in [3.05, 3.63) is 23.7 Å². The lowest BCUT2D eigenvalue weighted by Gasteiger charge is -1.88. The Morgan fingerprint density at radius 1 is 1.56 bits per heavy atom. The van der Waals surface area contributed by atoms with Crippen molar-refractivity contribution in [3.63, 3.8) is 0 Å². The van der Waals surface area contributed by atoms with E-state index >= 15 is 0 Å². The number of hydrogen-bond donors (Lipinski definition) is 2. The van der Waals surface area contributed by atoms with Crippen LogP contribution in [0.1, 0.15) is 16.4 Å². The van der Waals surface area contributed by atoms with E-state index in [9.17, 15) is 4.79 Å². The normalized spacial score (nSPS) is 10.4. The summed E-state index contributed by atoms with van der Waals surface area (Å²) < 4.78 is 10.2. The molecule has 0 bridgehead atoms. The third-order valence-corrected chi connectivity index (χ3v) is 1.93. The van der Waals surface area contributed by atoms with Gasteiger partial charge in [-0.05, 0) is 12.1 Å². The zero-order valence-electron chi connectivity index (χ0n) is 8.56. The number of rotatable bonds is 3. The Morgan fingerprint density at radius 3 is 3.00 bits per heavy atom. The van der Waals surface area contributed by atoms with Crippen LogP contribution in [0.25, 0.3) is 11.7 Å². The van der Waals surface area contributed by atoms with E-state index in [1.807, 2.05) is 0 Å². The van der Waals surface area contributed by atoms with Gasteiger partial charge in [0, 0.05) is 7.05 Å². The lowest BCUT2D eigenvalue weighted by Crippen LogP contribution is -2.19. The molecule has 1 amide bonds. The number of hydrogen-bond acceptors (Lipinski definition) is 6. The maximum absolute atomic E-state index is 11.2. The Labute approximate surface area is 90.6 Å². The van der Waals surface area contributed by atoms with Crippen LogP contribution in [0.5, 0.6) is 0 Å². The summed E-state index contributed by atoms with van der Waals surface area (Å²) in [7, 11) is 1.48. The Kier molecular flexibility index (Phi) is 2.69. The molecule has 0 aliphatic rings. The van der Waals surface area contributed by atoms with Crippen molar-refractivity contribution in [1.82, 2.24) is 15.5 Å². The molecule has 0 fully saturated rings. The predicted molar refractivity (Wildman–Crippen MR) is 53.3 cm³/mol. The summed E-state index contributed by atoms with van der Waals surface area (Å²) >= 11 is 0. The second-order valence-electron chi connectivity index (χ2n) is 2.97. The highest BCUT2D eigenvalue weighted by molar-refractivity contribution is 5.90. The first-order valence-electron chi connectivity index (χ1n) is 4.59. The molecule has 0 aliphatic carbocycles. The molecule has 0 aliphatic heterocycles. The average molecular weight is 222 g/mol. The molecule has 0 saturated carbocycles. The van der Waals surface area contributed by atoms with Gasteiger partial charge in [-0.25, -0.2) is 0 Å². The molecule has 3 N–H and O–H groups in total. The number of nitrogens with one attached hydrogen (secondary N) is 1. The van der Waals surface area contributed by atoms with Crippen LogP contribution in [0.15, 0.2) is 21.1 Å². The molecule has 2 aromatic heterocycles. The summed E-state index contributed by atoms with van der Waals surface area (Å²) in [5.41, 5.74) is 5.39. The number of amides is 1. The van der Waals surface area contributed by atoms with Crippen LogP contribution in [0.4, 0.5) is 0 Å². The molecule has 84 valence electrons. The number of nitrogens with zero attached hydrogens (tertiary/aromatic N) is 2. The second-order valence-corrected chi connectivity index (χ2v) is 2.97. The van der Waals surface area contributed by atoms with Crippen molar-refractivity contribution >= 4 is 5.91 Å². The van der Waals surface area contributed by atoms with Gasteiger partial charge in [0.15, 0.2) is 5.76 Å². The zero-order valence-corrected chi connectivity index (χ0v) is 8.56. The third-order valence-electron chi connectivity index (χ3n) is 1.93. The first kappa shape index (κ1) is 10.4. The average Bonchev–Trinajstić information content (AvgIpc) is 2.95. The van der Waals surface area contributed by atoms with Crippen molar-refractivity contribution in [1.29, 1.82) is 0 Å². The van der Waals surface area contributed by atoms with Crippen molar-refractivity contribution in [2.24, 2.45) is 5.73 Å². The number of nitrogens with two attached hydrogens (primary N) is 1. The topological polar surface area (TPSA) is 107 Å². The van der Waals surface area contributed by atoms with Crippen LogP contribution >= 0.6 is 0 Å². The highest BCUT2D eigenvalue weighted by Gasteiger charge is 2.16. The molecule has 2 aromatic rings. The van der Waals surface area contributed by atoms with Gasteiger partial charge in [0.1, 0.15) is 5.76 Å². The van der Waals surface area contributed by atoms with E-state index in [-0.39, 0.29) is 18.3 Å². The van der Waals surface area contributed by atoms with Gasteiger partial charge in [-0.3, -0.25) is 4.79 Å². The summed E-state index contributed by atoms with van der Waals surface area (Å²) in [6.45, 7) is 0.288. The van der Waals surface area contributed by atoms with Crippen LogP contribution in [0.3, 0.4) is 0 Å². The monoisotopic (exact) mass is 222 g/mol. The van der Waals surface area contributed by atoms with Crippen molar-refractivity contribution in [3.8, 4) is 11.7 Å². The summed E-state index contributed by atoms with van der Waals surface area (Å²) in [5, 5.41) is 5.90. The lowest BCUT2D eigenvalue weighted by atomic mass is 10.4. The van der Waals surface area contributed by atoms with Crippen molar-refractivity contribution < 1.29 is 13.7 Å². The Morgan fingerprint density at radius 2 is 2.38 bits per heavy atom. The summed E-state index contributed by atoms with van der Waals surface area (Å²) in [5.74, 6) is 0.694. The van der Waals surface area contributed by atoms with Crippen LogP contribution in [-0.4, -0.2) is 23.1 Å². The maximum atomic E-state index is 11.2. The largest absolute Gasteiger partial charge is 0.455 e. The van der Waals surface area contributed by atoms with E-state index in [0.717, 1.165) is 0 Å². The van der Waals surface area contributed by atoms with Crippen LogP contribution in [-0.2, 0) is 6.54 Å². The molecule has 7 heteroatoms. The molecular weight excluding hydrogens is 212 g/mol. The fraction of sp³-hybridized carbons (Fsp3) is 0.222. The highest BCUT2D eigenvalue weighted by atomic mass is 16.5. The minimum absolute atomic E-state index is 0.0387. The summed E-state index contributed by atoms with van der Waals surface area (Å²) in [4.78, 5) is 15.0. The van der Waals surface area contributed by atoms with Gasteiger partial charge in [0.05, 0.1) is 6.54 Å². The minimum Gasteiger partial charge on any atom is -0.455 e. The number of carbonyl (C=O) groups is 1. The van der Waals surface area contributed by atoms with Gasteiger partial charge >= 0.3 is 0 Å². The van der Waals surface area contributed by atoms with E-state index in [2.05, 4.69) is 15.5 Å². The molecule has 2 rings (SSSR count). The van der Waals surface area contributed by atoms with Gasteiger partial charge < -0.3 is 20.0 Å². The molecule has 16 heavy (non-hydrogen) atoms. The van der Waals surface area contributed by atoms with Gasteiger partial charge in [-0.15, -0.1) is 0 Å². The molecule has 2 heterocycles. The Balaban J connectivity index is 2.27. The molecule has 0 unspecified atom stereocenters. The molecule has 0 radical (unpaired) electrons. The molecular formula is C9H10N4O3. The molecule has 0 atom stereocenters.